The zero-order valence-electron chi connectivity index (χ0n) is 14.9. The highest BCUT2D eigenvalue weighted by atomic mass is 35.5. The van der Waals surface area contributed by atoms with Crippen LogP contribution in [-0.4, -0.2) is 36.2 Å². The lowest BCUT2D eigenvalue weighted by Gasteiger charge is -2.10. The molecule has 0 aliphatic rings. The third-order valence-electron chi connectivity index (χ3n) is 3.94. The van der Waals surface area contributed by atoms with Gasteiger partial charge in [-0.3, -0.25) is 9.59 Å². The first-order valence-corrected chi connectivity index (χ1v) is 8.08. The number of halogens is 1. The molecule has 138 valence electrons. The number of methoxy groups -OCH3 is 1. The SMILES string of the molecule is COc1cc(N)c(Cl)cc1C(=O)OCC(=O)c1[nH]c(C)c(C(C)=O)c1C. The third kappa shape index (κ3) is 3.72. The van der Waals surface area contributed by atoms with E-state index in [1.165, 1.54) is 26.2 Å². The fraction of sp³-hybridized carbons (Fsp3) is 0.278. The van der Waals surface area contributed by atoms with E-state index in [0.717, 1.165) is 0 Å². The van der Waals surface area contributed by atoms with Crippen LogP contribution in [0.25, 0.3) is 0 Å². The van der Waals surface area contributed by atoms with Gasteiger partial charge in [0.05, 0.1) is 23.5 Å². The van der Waals surface area contributed by atoms with Crippen LogP contribution in [0.3, 0.4) is 0 Å². The number of rotatable bonds is 6. The summed E-state index contributed by atoms with van der Waals surface area (Å²) in [5, 5.41) is 0.172. The summed E-state index contributed by atoms with van der Waals surface area (Å²) in [6, 6.07) is 2.72. The van der Waals surface area contributed by atoms with Crippen molar-refractivity contribution in [2.75, 3.05) is 19.5 Å². The molecule has 2 rings (SSSR count). The zero-order valence-corrected chi connectivity index (χ0v) is 15.6. The Hall–Kier alpha value is -2.80. The highest BCUT2D eigenvalue weighted by Gasteiger charge is 2.22. The first-order chi connectivity index (χ1) is 12.2. The average molecular weight is 379 g/mol. The molecule has 7 nitrogen and oxygen atoms in total. The molecule has 0 saturated carbocycles. The molecule has 1 heterocycles. The summed E-state index contributed by atoms with van der Waals surface area (Å²) >= 11 is 5.92. The zero-order chi connectivity index (χ0) is 19.6. The van der Waals surface area contributed by atoms with Crippen molar-refractivity contribution in [1.82, 2.24) is 4.98 Å². The number of carbonyl (C=O) groups excluding carboxylic acids is 3. The Morgan fingerprint density at radius 2 is 1.88 bits per heavy atom. The van der Waals surface area contributed by atoms with Crippen molar-refractivity contribution >= 4 is 34.8 Å². The molecule has 0 unspecified atom stereocenters. The number of nitrogens with two attached hydrogens (primary N) is 1. The monoisotopic (exact) mass is 378 g/mol. The second-order valence-corrected chi connectivity index (χ2v) is 6.16. The maximum atomic E-state index is 12.4. The Bertz CT molecular complexity index is 901. The quantitative estimate of drug-likeness (QED) is 0.453. The van der Waals surface area contributed by atoms with Crippen LogP contribution in [-0.2, 0) is 4.74 Å². The summed E-state index contributed by atoms with van der Waals surface area (Å²) in [7, 11) is 1.37. The van der Waals surface area contributed by atoms with Crippen molar-refractivity contribution in [3.8, 4) is 5.75 Å². The van der Waals surface area contributed by atoms with Gasteiger partial charge in [-0.25, -0.2) is 4.79 Å². The van der Waals surface area contributed by atoms with Crippen LogP contribution in [0, 0.1) is 13.8 Å². The van der Waals surface area contributed by atoms with E-state index in [1.807, 2.05) is 0 Å². The number of H-pyrrole nitrogens is 1. The second-order valence-electron chi connectivity index (χ2n) is 5.75. The maximum Gasteiger partial charge on any atom is 0.342 e. The number of benzene rings is 1. The number of nitrogen functional groups attached to an aromatic ring is 1. The van der Waals surface area contributed by atoms with Crippen molar-refractivity contribution in [2.24, 2.45) is 0 Å². The molecular formula is C18H19ClN2O5. The van der Waals surface area contributed by atoms with Crippen molar-refractivity contribution in [1.29, 1.82) is 0 Å². The molecule has 1 aromatic heterocycles. The van der Waals surface area contributed by atoms with Gasteiger partial charge in [-0.05, 0) is 32.4 Å². The number of hydrogen-bond acceptors (Lipinski definition) is 6. The molecule has 0 amide bonds. The van der Waals surface area contributed by atoms with Gasteiger partial charge >= 0.3 is 5.97 Å². The Kier molecular flexibility index (Phi) is 5.72. The van der Waals surface area contributed by atoms with Gasteiger partial charge in [-0.2, -0.15) is 0 Å². The van der Waals surface area contributed by atoms with Crippen LogP contribution in [0.2, 0.25) is 5.02 Å². The molecule has 0 aliphatic carbocycles. The lowest BCUT2D eigenvalue weighted by Crippen LogP contribution is -2.16. The van der Waals surface area contributed by atoms with Gasteiger partial charge in [0, 0.05) is 17.3 Å². The Morgan fingerprint density at radius 1 is 1.23 bits per heavy atom. The molecule has 8 heteroatoms. The summed E-state index contributed by atoms with van der Waals surface area (Å²) in [5.41, 5.74) is 7.81. The largest absolute Gasteiger partial charge is 0.496 e. The van der Waals surface area contributed by atoms with Crippen LogP contribution < -0.4 is 10.5 Å². The molecule has 26 heavy (non-hydrogen) atoms. The molecule has 0 spiro atoms. The van der Waals surface area contributed by atoms with Crippen LogP contribution in [0.15, 0.2) is 12.1 Å². The molecule has 0 radical (unpaired) electrons. The highest BCUT2D eigenvalue weighted by Crippen LogP contribution is 2.29. The predicted molar refractivity (Wildman–Crippen MR) is 97.3 cm³/mol. The van der Waals surface area contributed by atoms with Gasteiger partial charge in [0.25, 0.3) is 0 Å². The average Bonchev–Trinajstić information content (AvgIpc) is 2.88. The van der Waals surface area contributed by atoms with Gasteiger partial charge in [0.2, 0.25) is 5.78 Å². The number of aryl methyl sites for hydroxylation is 1. The number of ketones is 2. The number of ether oxygens (including phenoxy) is 2. The smallest absolute Gasteiger partial charge is 0.342 e. The van der Waals surface area contributed by atoms with Gasteiger partial charge in [0.15, 0.2) is 12.4 Å². The topological polar surface area (TPSA) is 111 Å². The predicted octanol–water partition coefficient (Wildman–Crippen LogP) is 3.12. The molecule has 0 saturated heterocycles. The van der Waals surface area contributed by atoms with E-state index >= 15 is 0 Å². The molecule has 2 aromatic rings. The Morgan fingerprint density at radius 3 is 2.42 bits per heavy atom. The number of aromatic nitrogens is 1. The first kappa shape index (κ1) is 19.5. The van der Waals surface area contributed by atoms with Crippen molar-refractivity contribution in [3.05, 3.63) is 45.2 Å². The van der Waals surface area contributed by atoms with E-state index in [2.05, 4.69) is 4.98 Å². The fourth-order valence-electron chi connectivity index (χ4n) is 2.74. The summed E-state index contributed by atoms with van der Waals surface area (Å²) in [5.74, 6) is -1.18. The normalized spacial score (nSPS) is 10.5. The number of esters is 1. The lowest BCUT2D eigenvalue weighted by molar-refractivity contribution is 0.0470. The number of nitrogens with one attached hydrogen (secondary N) is 1. The standard InChI is InChI=1S/C18H19ClN2O5/c1-8-16(10(3)22)9(2)21-17(8)14(23)7-26-18(24)11-5-12(19)13(20)6-15(11)25-4/h5-6,21H,7,20H2,1-4H3. The fourth-order valence-corrected chi connectivity index (χ4v) is 2.90. The highest BCUT2D eigenvalue weighted by molar-refractivity contribution is 6.33. The molecular weight excluding hydrogens is 360 g/mol. The minimum atomic E-state index is -0.773. The van der Waals surface area contributed by atoms with Crippen molar-refractivity contribution in [3.63, 3.8) is 0 Å². The summed E-state index contributed by atoms with van der Waals surface area (Å²) < 4.78 is 10.2. The molecule has 0 fully saturated rings. The lowest BCUT2D eigenvalue weighted by atomic mass is 10.1. The number of carbonyl (C=O) groups is 3. The summed E-state index contributed by atoms with van der Waals surface area (Å²) in [6.45, 7) is 4.29. The van der Waals surface area contributed by atoms with E-state index in [4.69, 9.17) is 26.8 Å². The van der Waals surface area contributed by atoms with Crippen LogP contribution in [0.5, 0.6) is 5.75 Å². The summed E-state index contributed by atoms with van der Waals surface area (Å²) in [4.78, 5) is 39.2. The first-order valence-electron chi connectivity index (χ1n) is 7.70. The Balaban J connectivity index is 2.18. The molecule has 0 aliphatic heterocycles. The number of hydrogen-bond donors (Lipinski definition) is 2. The van der Waals surface area contributed by atoms with Gasteiger partial charge in [-0.15, -0.1) is 0 Å². The minimum absolute atomic E-state index is 0.0586. The molecule has 1 aromatic carbocycles. The number of anilines is 1. The van der Waals surface area contributed by atoms with E-state index < -0.39 is 18.4 Å². The van der Waals surface area contributed by atoms with Gasteiger partial charge < -0.3 is 20.2 Å². The van der Waals surface area contributed by atoms with E-state index in [0.29, 0.717) is 16.8 Å². The van der Waals surface area contributed by atoms with Gasteiger partial charge in [-0.1, -0.05) is 11.6 Å². The minimum Gasteiger partial charge on any atom is -0.496 e. The van der Waals surface area contributed by atoms with E-state index in [1.54, 1.807) is 13.8 Å². The Labute approximate surface area is 155 Å². The molecule has 0 atom stereocenters. The third-order valence-corrected chi connectivity index (χ3v) is 4.27. The van der Waals surface area contributed by atoms with Crippen molar-refractivity contribution in [2.45, 2.75) is 20.8 Å². The van der Waals surface area contributed by atoms with E-state index in [-0.39, 0.29) is 33.5 Å². The van der Waals surface area contributed by atoms with Crippen LogP contribution in [0.4, 0.5) is 5.69 Å². The number of Topliss-reactive ketones (excluding diaryl/α,β-unsaturated/α-hetero) is 2. The number of aromatic amines is 1. The van der Waals surface area contributed by atoms with Crippen LogP contribution in [0.1, 0.15) is 49.4 Å². The molecule has 0 bridgehead atoms. The summed E-state index contributed by atoms with van der Waals surface area (Å²) in [6.07, 6.45) is 0. The van der Waals surface area contributed by atoms with Gasteiger partial charge in [0.1, 0.15) is 11.3 Å². The maximum absolute atomic E-state index is 12.4. The van der Waals surface area contributed by atoms with Crippen LogP contribution >= 0.6 is 11.6 Å². The van der Waals surface area contributed by atoms with Crippen molar-refractivity contribution < 1.29 is 23.9 Å². The second kappa shape index (κ2) is 7.61. The molecule has 3 N–H and O–H groups in total. The van der Waals surface area contributed by atoms with E-state index in [9.17, 15) is 14.4 Å².